The van der Waals surface area contributed by atoms with E-state index in [-0.39, 0.29) is 11.4 Å². The molecule has 2 aromatic rings. The molecule has 2 rings (SSSR count). The molecule has 5 nitrogen and oxygen atoms in total. The molecule has 0 saturated carbocycles. The summed E-state index contributed by atoms with van der Waals surface area (Å²) in [6.45, 7) is 8.51. The van der Waals surface area contributed by atoms with Crippen LogP contribution in [0, 0.1) is 6.92 Å². The van der Waals surface area contributed by atoms with Crippen molar-refractivity contribution in [1.82, 2.24) is 15.3 Å². The highest BCUT2D eigenvalue weighted by Gasteiger charge is 2.14. The van der Waals surface area contributed by atoms with E-state index in [0.717, 1.165) is 12.1 Å². The molecule has 0 fully saturated rings. The number of anilines is 1. The summed E-state index contributed by atoms with van der Waals surface area (Å²) in [5.74, 6) is 0.300. The lowest BCUT2D eigenvalue weighted by Gasteiger charge is -2.20. The van der Waals surface area contributed by atoms with Gasteiger partial charge in [-0.3, -0.25) is 4.79 Å². The first-order valence-electron chi connectivity index (χ1n) is 7.79. The summed E-state index contributed by atoms with van der Waals surface area (Å²) < 4.78 is 0. The molecule has 1 aromatic carbocycles. The van der Waals surface area contributed by atoms with Gasteiger partial charge in [0.1, 0.15) is 5.69 Å². The first kappa shape index (κ1) is 16.9. The SMILES string of the molecule is Cc1cc(C(=O)NCCc2ccccc2)nc(NC(C)(C)C)n1. The summed E-state index contributed by atoms with van der Waals surface area (Å²) in [6.07, 6.45) is 0.795. The normalized spacial score (nSPS) is 11.1. The van der Waals surface area contributed by atoms with E-state index < -0.39 is 0 Å². The van der Waals surface area contributed by atoms with Gasteiger partial charge in [-0.25, -0.2) is 9.97 Å². The van der Waals surface area contributed by atoms with Gasteiger partial charge >= 0.3 is 0 Å². The predicted molar refractivity (Wildman–Crippen MR) is 92.6 cm³/mol. The zero-order chi connectivity index (χ0) is 16.9. The van der Waals surface area contributed by atoms with Crippen LogP contribution in [0.25, 0.3) is 0 Å². The fourth-order valence-corrected chi connectivity index (χ4v) is 2.13. The molecule has 1 amide bonds. The van der Waals surface area contributed by atoms with E-state index in [4.69, 9.17) is 0 Å². The van der Waals surface area contributed by atoms with Gasteiger partial charge < -0.3 is 10.6 Å². The third-order valence-electron chi connectivity index (χ3n) is 3.12. The van der Waals surface area contributed by atoms with Crippen LogP contribution >= 0.6 is 0 Å². The van der Waals surface area contributed by atoms with Crippen molar-refractivity contribution in [3.05, 3.63) is 53.3 Å². The fraction of sp³-hybridized carbons (Fsp3) is 0.389. The van der Waals surface area contributed by atoms with Crippen LogP contribution in [0.2, 0.25) is 0 Å². The molecule has 1 aromatic heterocycles. The van der Waals surface area contributed by atoms with Crippen LogP contribution in [0.5, 0.6) is 0 Å². The summed E-state index contributed by atoms with van der Waals surface area (Å²) >= 11 is 0. The zero-order valence-corrected chi connectivity index (χ0v) is 14.2. The molecule has 0 bridgehead atoms. The Bertz CT molecular complexity index is 662. The minimum atomic E-state index is -0.177. The number of aromatic nitrogens is 2. The van der Waals surface area contributed by atoms with Crippen LogP contribution in [0.3, 0.4) is 0 Å². The highest BCUT2D eigenvalue weighted by molar-refractivity contribution is 5.92. The lowest BCUT2D eigenvalue weighted by atomic mass is 10.1. The molecule has 2 N–H and O–H groups in total. The summed E-state index contributed by atoms with van der Waals surface area (Å²) in [6, 6.07) is 11.8. The Kier molecular flexibility index (Phi) is 5.32. The second kappa shape index (κ2) is 7.22. The van der Waals surface area contributed by atoms with Crippen molar-refractivity contribution in [3.8, 4) is 0 Å². The molecule has 0 spiro atoms. The fourth-order valence-electron chi connectivity index (χ4n) is 2.13. The lowest BCUT2D eigenvalue weighted by Crippen LogP contribution is -2.30. The van der Waals surface area contributed by atoms with Crippen molar-refractivity contribution in [3.63, 3.8) is 0 Å². The smallest absolute Gasteiger partial charge is 0.270 e. The zero-order valence-electron chi connectivity index (χ0n) is 14.2. The molecule has 0 aliphatic rings. The highest BCUT2D eigenvalue weighted by atomic mass is 16.1. The number of carbonyl (C=O) groups is 1. The third-order valence-corrected chi connectivity index (χ3v) is 3.12. The van der Waals surface area contributed by atoms with Crippen LogP contribution < -0.4 is 10.6 Å². The molecule has 0 unspecified atom stereocenters. The van der Waals surface area contributed by atoms with Crippen molar-refractivity contribution in [2.24, 2.45) is 0 Å². The average molecular weight is 312 g/mol. The number of aryl methyl sites for hydroxylation is 1. The summed E-state index contributed by atoms with van der Waals surface area (Å²) in [5, 5.41) is 6.10. The molecule has 0 atom stereocenters. The molecule has 0 radical (unpaired) electrons. The second-order valence-electron chi connectivity index (χ2n) is 6.58. The summed E-state index contributed by atoms with van der Waals surface area (Å²) in [5.41, 5.74) is 2.19. The van der Waals surface area contributed by atoms with E-state index in [1.165, 1.54) is 5.56 Å². The quantitative estimate of drug-likeness (QED) is 0.891. The Morgan fingerprint density at radius 3 is 2.48 bits per heavy atom. The van der Waals surface area contributed by atoms with Gasteiger partial charge in [0.25, 0.3) is 5.91 Å². The number of nitrogens with zero attached hydrogens (tertiary/aromatic N) is 2. The van der Waals surface area contributed by atoms with E-state index in [0.29, 0.717) is 18.2 Å². The van der Waals surface area contributed by atoms with Crippen LogP contribution in [-0.4, -0.2) is 28.0 Å². The Balaban J connectivity index is 1.98. The maximum absolute atomic E-state index is 12.3. The largest absolute Gasteiger partial charge is 0.350 e. The Hall–Kier alpha value is -2.43. The number of rotatable bonds is 5. The van der Waals surface area contributed by atoms with Gasteiger partial charge in [0, 0.05) is 17.8 Å². The monoisotopic (exact) mass is 312 g/mol. The predicted octanol–water partition coefficient (Wildman–Crippen LogP) is 2.97. The Morgan fingerprint density at radius 1 is 1.13 bits per heavy atom. The molecule has 0 aliphatic carbocycles. The highest BCUT2D eigenvalue weighted by Crippen LogP contribution is 2.11. The molecular formula is C18H24N4O. The third kappa shape index (κ3) is 5.70. The van der Waals surface area contributed by atoms with Gasteiger partial charge in [-0.15, -0.1) is 0 Å². The van der Waals surface area contributed by atoms with Crippen LogP contribution in [-0.2, 0) is 6.42 Å². The van der Waals surface area contributed by atoms with Gasteiger partial charge in [-0.2, -0.15) is 0 Å². The molecular weight excluding hydrogens is 288 g/mol. The van der Waals surface area contributed by atoms with Crippen LogP contribution in [0.15, 0.2) is 36.4 Å². The first-order valence-corrected chi connectivity index (χ1v) is 7.79. The number of nitrogens with one attached hydrogen (secondary N) is 2. The lowest BCUT2D eigenvalue weighted by molar-refractivity contribution is 0.0949. The maximum Gasteiger partial charge on any atom is 0.270 e. The Morgan fingerprint density at radius 2 is 1.83 bits per heavy atom. The average Bonchev–Trinajstić information content (AvgIpc) is 2.45. The number of hydrogen-bond donors (Lipinski definition) is 2. The van der Waals surface area contributed by atoms with Crippen LogP contribution in [0.4, 0.5) is 5.95 Å². The van der Waals surface area contributed by atoms with E-state index in [2.05, 4.69) is 20.6 Å². The Labute approximate surface area is 137 Å². The van der Waals surface area contributed by atoms with E-state index >= 15 is 0 Å². The number of amides is 1. The summed E-state index contributed by atoms with van der Waals surface area (Å²) in [4.78, 5) is 20.9. The van der Waals surface area contributed by atoms with Crippen molar-refractivity contribution >= 4 is 11.9 Å². The van der Waals surface area contributed by atoms with Gasteiger partial charge in [0.2, 0.25) is 5.95 Å². The van der Waals surface area contributed by atoms with Crippen molar-refractivity contribution < 1.29 is 4.79 Å². The molecule has 0 saturated heterocycles. The van der Waals surface area contributed by atoms with Gasteiger partial charge in [-0.05, 0) is 45.7 Å². The standard InChI is InChI=1S/C18H24N4O/c1-13-12-15(21-17(20-13)22-18(2,3)4)16(23)19-11-10-14-8-6-5-7-9-14/h5-9,12H,10-11H2,1-4H3,(H,19,23)(H,20,21,22). The van der Waals surface area contributed by atoms with E-state index in [1.54, 1.807) is 6.07 Å². The number of benzene rings is 1. The van der Waals surface area contributed by atoms with Gasteiger partial charge in [0.15, 0.2) is 0 Å². The molecule has 122 valence electrons. The minimum Gasteiger partial charge on any atom is -0.350 e. The molecule has 1 heterocycles. The topological polar surface area (TPSA) is 66.9 Å². The van der Waals surface area contributed by atoms with Crippen molar-refractivity contribution in [2.45, 2.75) is 39.7 Å². The number of carbonyl (C=O) groups excluding carboxylic acids is 1. The molecule has 0 aliphatic heterocycles. The first-order chi connectivity index (χ1) is 10.8. The molecule has 23 heavy (non-hydrogen) atoms. The maximum atomic E-state index is 12.3. The van der Waals surface area contributed by atoms with Crippen molar-refractivity contribution in [1.29, 1.82) is 0 Å². The van der Waals surface area contributed by atoms with Crippen molar-refractivity contribution in [2.75, 3.05) is 11.9 Å². The van der Waals surface area contributed by atoms with E-state index in [1.807, 2.05) is 58.0 Å². The second-order valence-corrected chi connectivity index (χ2v) is 6.58. The minimum absolute atomic E-state index is 0.158. The summed E-state index contributed by atoms with van der Waals surface area (Å²) in [7, 11) is 0. The molecule has 5 heteroatoms. The van der Waals surface area contributed by atoms with Gasteiger partial charge in [-0.1, -0.05) is 30.3 Å². The van der Waals surface area contributed by atoms with Gasteiger partial charge in [0.05, 0.1) is 0 Å². The van der Waals surface area contributed by atoms with Crippen LogP contribution in [0.1, 0.15) is 42.5 Å². The number of hydrogen-bond acceptors (Lipinski definition) is 4. The van der Waals surface area contributed by atoms with E-state index in [9.17, 15) is 4.79 Å².